The van der Waals surface area contributed by atoms with Gasteiger partial charge in [0.2, 0.25) is 0 Å². The zero-order chi connectivity index (χ0) is 19.4. The number of nitrogens with zero attached hydrogens (tertiary/aromatic N) is 1. The van der Waals surface area contributed by atoms with E-state index in [0.29, 0.717) is 21.3 Å². The number of nitriles is 1. The van der Waals surface area contributed by atoms with Gasteiger partial charge in [0.15, 0.2) is 6.61 Å². The van der Waals surface area contributed by atoms with E-state index in [1.807, 2.05) is 0 Å². The average Bonchev–Trinajstić information content (AvgIpc) is 3.02. The molecule has 6 nitrogen and oxygen atoms in total. The van der Waals surface area contributed by atoms with Gasteiger partial charge in [0.1, 0.15) is 22.4 Å². The van der Waals surface area contributed by atoms with Crippen LogP contribution in [0.4, 0.5) is 5.00 Å². The minimum atomic E-state index is -0.713. The highest BCUT2D eigenvalue weighted by Gasteiger charge is 2.22. The highest BCUT2D eigenvalue weighted by atomic mass is 35.5. The highest BCUT2D eigenvalue weighted by molar-refractivity contribution is 7.16. The largest absolute Gasteiger partial charge is 0.496 e. The van der Waals surface area contributed by atoms with Crippen LogP contribution in [0.1, 0.15) is 39.2 Å². The van der Waals surface area contributed by atoms with Gasteiger partial charge < -0.3 is 14.8 Å². The average molecular weight is 405 g/mol. The van der Waals surface area contributed by atoms with Gasteiger partial charge in [-0.15, -0.1) is 11.3 Å². The summed E-state index contributed by atoms with van der Waals surface area (Å²) in [5.74, 6) is -0.905. The molecule has 0 spiro atoms. The van der Waals surface area contributed by atoms with Gasteiger partial charge in [-0.1, -0.05) is 11.6 Å². The summed E-state index contributed by atoms with van der Waals surface area (Å²) < 4.78 is 10.2. The number of hydrogen-bond acceptors (Lipinski definition) is 6. The highest BCUT2D eigenvalue weighted by Crippen LogP contribution is 2.37. The monoisotopic (exact) mass is 404 g/mol. The number of anilines is 1. The molecule has 3 rings (SSSR count). The summed E-state index contributed by atoms with van der Waals surface area (Å²) in [6, 6.07) is 6.74. The summed E-state index contributed by atoms with van der Waals surface area (Å²) in [4.78, 5) is 25.6. The fourth-order valence-electron chi connectivity index (χ4n) is 2.98. The zero-order valence-corrected chi connectivity index (χ0v) is 16.2. The molecule has 0 aliphatic heterocycles. The molecule has 27 heavy (non-hydrogen) atoms. The number of ether oxygens (including phenoxy) is 2. The Morgan fingerprint density at radius 1 is 1.33 bits per heavy atom. The lowest BCUT2D eigenvalue weighted by molar-refractivity contribution is -0.119. The Kier molecular flexibility index (Phi) is 5.99. The number of nitrogens with one attached hydrogen (secondary N) is 1. The van der Waals surface area contributed by atoms with Crippen molar-refractivity contribution in [1.82, 2.24) is 0 Å². The molecule has 0 bridgehead atoms. The van der Waals surface area contributed by atoms with Gasteiger partial charge in [-0.05, 0) is 49.4 Å². The van der Waals surface area contributed by atoms with Crippen LogP contribution in [0, 0.1) is 11.3 Å². The maximum Gasteiger partial charge on any atom is 0.342 e. The molecule has 1 aromatic heterocycles. The Morgan fingerprint density at radius 3 is 2.85 bits per heavy atom. The zero-order valence-electron chi connectivity index (χ0n) is 14.6. The molecular formula is C19H17ClN2O4S. The molecule has 0 radical (unpaired) electrons. The molecule has 0 atom stereocenters. The first-order valence-electron chi connectivity index (χ1n) is 8.38. The third kappa shape index (κ3) is 4.24. The van der Waals surface area contributed by atoms with Gasteiger partial charge in [-0.25, -0.2) is 4.79 Å². The number of aryl methyl sites for hydroxylation is 1. The Balaban J connectivity index is 1.66. The number of carbonyl (C=O) groups excluding carboxylic acids is 2. The lowest BCUT2D eigenvalue weighted by Crippen LogP contribution is -2.21. The molecule has 0 saturated heterocycles. The molecule has 0 fully saturated rings. The van der Waals surface area contributed by atoms with Crippen molar-refractivity contribution in [2.45, 2.75) is 25.7 Å². The molecule has 8 heteroatoms. The van der Waals surface area contributed by atoms with E-state index in [1.165, 1.54) is 24.5 Å². The summed E-state index contributed by atoms with van der Waals surface area (Å²) in [5.41, 5.74) is 1.69. The van der Waals surface area contributed by atoms with E-state index in [4.69, 9.17) is 21.1 Å². The van der Waals surface area contributed by atoms with E-state index in [2.05, 4.69) is 11.4 Å². The van der Waals surface area contributed by atoms with E-state index in [0.717, 1.165) is 36.1 Å². The van der Waals surface area contributed by atoms with Crippen molar-refractivity contribution in [3.8, 4) is 11.8 Å². The Labute approximate surface area is 165 Å². The molecule has 1 aliphatic carbocycles. The molecule has 0 saturated carbocycles. The van der Waals surface area contributed by atoms with E-state index in [-0.39, 0.29) is 5.56 Å². The second kappa shape index (κ2) is 8.42. The van der Waals surface area contributed by atoms with Crippen LogP contribution in [0.3, 0.4) is 0 Å². The Morgan fingerprint density at radius 2 is 2.11 bits per heavy atom. The van der Waals surface area contributed by atoms with Crippen LogP contribution in [0.15, 0.2) is 18.2 Å². The minimum Gasteiger partial charge on any atom is -0.496 e. The first-order chi connectivity index (χ1) is 13.0. The fourth-order valence-corrected chi connectivity index (χ4v) is 4.41. The molecule has 1 amide bonds. The summed E-state index contributed by atoms with van der Waals surface area (Å²) >= 11 is 7.32. The third-order valence-corrected chi connectivity index (χ3v) is 5.69. The first kappa shape index (κ1) is 19.2. The van der Waals surface area contributed by atoms with E-state index in [9.17, 15) is 14.9 Å². The van der Waals surface area contributed by atoms with Crippen LogP contribution in [0.5, 0.6) is 5.75 Å². The number of rotatable bonds is 5. The van der Waals surface area contributed by atoms with Crippen molar-refractivity contribution in [3.63, 3.8) is 0 Å². The van der Waals surface area contributed by atoms with E-state index < -0.39 is 18.5 Å². The van der Waals surface area contributed by atoms with E-state index in [1.54, 1.807) is 12.1 Å². The number of thiophene rings is 1. The maximum atomic E-state index is 12.2. The van der Waals surface area contributed by atoms with Crippen LogP contribution in [-0.2, 0) is 22.4 Å². The molecule has 1 aliphatic rings. The maximum absolute atomic E-state index is 12.2. The van der Waals surface area contributed by atoms with Gasteiger partial charge in [0.05, 0.1) is 12.7 Å². The predicted molar refractivity (Wildman–Crippen MR) is 103 cm³/mol. The van der Waals surface area contributed by atoms with Crippen LogP contribution < -0.4 is 10.1 Å². The second-order valence-corrected chi connectivity index (χ2v) is 7.54. The van der Waals surface area contributed by atoms with Gasteiger partial charge in [0.25, 0.3) is 5.91 Å². The first-order valence-corrected chi connectivity index (χ1v) is 9.58. The van der Waals surface area contributed by atoms with Gasteiger partial charge in [0, 0.05) is 9.90 Å². The van der Waals surface area contributed by atoms with Crippen LogP contribution in [0.2, 0.25) is 5.02 Å². The number of amides is 1. The lowest BCUT2D eigenvalue weighted by atomic mass is 9.96. The molecule has 1 heterocycles. The van der Waals surface area contributed by atoms with Crippen molar-refractivity contribution in [2.75, 3.05) is 19.0 Å². The SMILES string of the molecule is COc1ccc(Cl)cc1C(=O)OCC(=O)Nc1sc2c(c1C#N)CCCC2. The third-order valence-electron chi connectivity index (χ3n) is 4.25. The Hall–Kier alpha value is -2.56. The van der Waals surface area contributed by atoms with Crippen LogP contribution in [-0.4, -0.2) is 25.6 Å². The molecular weight excluding hydrogens is 388 g/mol. The molecule has 0 unspecified atom stereocenters. The van der Waals surface area contributed by atoms with Crippen LogP contribution >= 0.6 is 22.9 Å². The second-order valence-electron chi connectivity index (χ2n) is 6.00. The summed E-state index contributed by atoms with van der Waals surface area (Å²) in [5, 5.41) is 13.0. The van der Waals surface area contributed by atoms with Crippen molar-refractivity contribution >= 4 is 39.8 Å². The van der Waals surface area contributed by atoms with Crippen molar-refractivity contribution in [2.24, 2.45) is 0 Å². The van der Waals surface area contributed by atoms with Gasteiger partial charge >= 0.3 is 5.97 Å². The topological polar surface area (TPSA) is 88.4 Å². The standard InChI is InChI=1S/C19H17ClN2O4S/c1-25-15-7-6-11(20)8-13(15)19(24)26-10-17(23)22-18-14(9-21)12-4-2-3-5-16(12)27-18/h6-8H,2-5,10H2,1H3,(H,22,23). The molecule has 140 valence electrons. The molecule has 1 aromatic carbocycles. The quantitative estimate of drug-likeness (QED) is 0.762. The van der Waals surface area contributed by atoms with Gasteiger partial charge in [-0.3, -0.25) is 4.79 Å². The summed E-state index contributed by atoms with van der Waals surface area (Å²) in [6.07, 6.45) is 3.91. The summed E-state index contributed by atoms with van der Waals surface area (Å²) in [6.45, 7) is -0.470. The number of carbonyl (C=O) groups is 2. The Bertz CT molecular complexity index is 933. The molecule has 2 aromatic rings. The van der Waals surface area contributed by atoms with Crippen LogP contribution in [0.25, 0.3) is 0 Å². The molecule has 1 N–H and O–H groups in total. The normalized spacial score (nSPS) is 12.6. The lowest BCUT2D eigenvalue weighted by Gasteiger charge is -2.10. The van der Waals surface area contributed by atoms with Crippen molar-refractivity contribution < 1.29 is 19.1 Å². The number of benzene rings is 1. The fraction of sp³-hybridized carbons (Fsp3) is 0.316. The van der Waals surface area contributed by atoms with Crippen molar-refractivity contribution in [3.05, 3.63) is 44.8 Å². The smallest absolute Gasteiger partial charge is 0.342 e. The van der Waals surface area contributed by atoms with Gasteiger partial charge in [-0.2, -0.15) is 5.26 Å². The van der Waals surface area contributed by atoms with E-state index >= 15 is 0 Å². The number of methoxy groups -OCH3 is 1. The number of esters is 1. The minimum absolute atomic E-state index is 0.141. The predicted octanol–water partition coefficient (Wildman–Crippen LogP) is 3.96. The number of fused-ring (bicyclic) bond motifs is 1. The number of hydrogen-bond donors (Lipinski definition) is 1. The van der Waals surface area contributed by atoms with Crippen molar-refractivity contribution in [1.29, 1.82) is 5.26 Å². The summed E-state index contributed by atoms with van der Waals surface area (Å²) in [7, 11) is 1.43. The number of halogens is 1.